The van der Waals surface area contributed by atoms with Crippen molar-refractivity contribution < 1.29 is 24.2 Å². The molecule has 0 bridgehead atoms. The molecule has 4 aromatic rings. The van der Waals surface area contributed by atoms with Gasteiger partial charge in [0.05, 0.1) is 6.04 Å². The topological polar surface area (TPSA) is 91.9 Å². The number of H-pyrrole nitrogens is 1. The molecular formula is C29H24N2O5. The molecule has 2 aliphatic rings. The Balaban J connectivity index is 1.39. The molecule has 7 heteroatoms. The summed E-state index contributed by atoms with van der Waals surface area (Å²) in [5.41, 5.74) is 5.03. The summed E-state index contributed by atoms with van der Waals surface area (Å²) in [6.07, 6.45) is 3.77. The minimum atomic E-state index is -0.346. The van der Waals surface area contributed by atoms with Crippen LogP contribution in [0, 0.1) is 0 Å². The van der Waals surface area contributed by atoms with Crippen molar-refractivity contribution in [2.24, 2.45) is 0 Å². The molecule has 2 N–H and O–H groups in total. The predicted molar refractivity (Wildman–Crippen MR) is 135 cm³/mol. The van der Waals surface area contributed by atoms with Gasteiger partial charge in [0.15, 0.2) is 17.3 Å². The molecule has 3 aromatic carbocycles. The third-order valence-corrected chi connectivity index (χ3v) is 6.87. The van der Waals surface area contributed by atoms with E-state index in [1.165, 1.54) is 24.6 Å². The van der Waals surface area contributed by atoms with E-state index in [-0.39, 0.29) is 30.3 Å². The summed E-state index contributed by atoms with van der Waals surface area (Å²) in [6.45, 7) is 2.16. The number of phenols is 1. The Hall–Kier alpha value is -4.52. The number of nitrogens with zero attached hydrogens (tertiary/aromatic N) is 1. The maximum atomic E-state index is 13.5. The fourth-order valence-corrected chi connectivity index (χ4v) is 5.07. The number of hydrogen-bond acceptors (Lipinski definition) is 5. The summed E-state index contributed by atoms with van der Waals surface area (Å²) in [5.74, 6) is 0.987. The first-order valence-electron chi connectivity index (χ1n) is 11.8. The van der Waals surface area contributed by atoms with E-state index in [4.69, 9.17) is 9.47 Å². The van der Waals surface area contributed by atoms with Gasteiger partial charge in [0.25, 0.3) is 0 Å². The van der Waals surface area contributed by atoms with Gasteiger partial charge in [-0.2, -0.15) is 0 Å². The van der Waals surface area contributed by atoms with E-state index in [1.54, 1.807) is 18.2 Å². The number of aromatic nitrogens is 1. The first kappa shape index (κ1) is 22.0. The van der Waals surface area contributed by atoms with Crippen molar-refractivity contribution in [3.8, 4) is 17.2 Å². The van der Waals surface area contributed by atoms with Crippen molar-refractivity contribution in [3.63, 3.8) is 0 Å². The fraction of sp³-hybridized carbons (Fsp3) is 0.172. The van der Waals surface area contributed by atoms with Gasteiger partial charge in [-0.25, -0.2) is 0 Å². The standard InChI is InChI=1S/C29H24N2O5/c1-17(32)19-7-6-18(24(33)14-19)9-11-27(34)31-13-12-22-21-4-2-3-5-23(21)30-28(22)29(31)20-8-10-25-26(15-20)36-16-35-25/h2-11,14-15,29-30,33H,12-13,16H2,1H3/b11-9+. The molecule has 1 aromatic heterocycles. The van der Waals surface area contributed by atoms with Gasteiger partial charge < -0.3 is 24.5 Å². The quantitative estimate of drug-likeness (QED) is 0.317. The summed E-state index contributed by atoms with van der Waals surface area (Å²) >= 11 is 0. The van der Waals surface area contributed by atoms with E-state index in [9.17, 15) is 14.7 Å². The normalized spacial score (nSPS) is 16.5. The van der Waals surface area contributed by atoms with Crippen molar-refractivity contribution in [2.75, 3.05) is 13.3 Å². The Bertz CT molecular complexity index is 1550. The van der Waals surface area contributed by atoms with Crippen molar-refractivity contribution >= 4 is 28.7 Å². The van der Waals surface area contributed by atoms with Crippen LogP contribution in [-0.2, 0) is 11.2 Å². The van der Waals surface area contributed by atoms with E-state index in [0.717, 1.165) is 28.6 Å². The highest BCUT2D eigenvalue weighted by molar-refractivity contribution is 5.96. The Kier molecular flexibility index (Phi) is 5.25. The number of benzene rings is 3. The molecule has 0 spiro atoms. The van der Waals surface area contributed by atoms with Gasteiger partial charge in [-0.05, 0) is 54.8 Å². The number of amides is 1. The van der Waals surface area contributed by atoms with E-state index >= 15 is 0 Å². The predicted octanol–water partition coefficient (Wildman–Crippen LogP) is 4.99. The molecule has 6 rings (SSSR count). The average molecular weight is 481 g/mol. The maximum Gasteiger partial charge on any atom is 0.247 e. The SMILES string of the molecule is CC(=O)c1ccc(/C=C/C(=O)N2CCc3c([nH]c4ccccc34)C2c2ccc3c(c2)OCO3)c(O)c1. The summed E-state index contributed by atoms with van der Waals surface area (Å²) in [4.78, 5) is 30.5. The smallest absolute Gasteiger partial charge is 0.247 e. The number of nitrogens with one attached hydrogen (secondary N) is 1. The number of carbonyl (C=O) groups excluding carboxylic acids is 2. The second-order valence-corrected chi connectivity index (χ2v) is 9.02. The zero-order valence-corrected chi connectivity index (χ0v) is 19.7. The number of rotatable bonds is 4. The summed E-state index contributed by atoms with van der Waals surface area (Å²) in [7, 11) is 0. The number of ether oxygens (including phenoxy) is 2. The lowest BCUT2D eigenvalue weighted by molar-refractivity contribution is -0.128. The molecule has 0 radical (unpaired) electrons. The van der Waals surface area contributed by atoms with Gasteiger partial charge in [0.2, 0.25) is 12.7 Å². The Morgan fingerprint density at radius 3 is 2.72 bits per heavy atom. The number of hydrogen-bond donors (Lipinski definition) is 2. The first-order valence-corrected chi connectivity index (χ1v) is 11.8. The first-order chi connectivity index (χ1) is 17.5. The van der Waals surface area contributed by atoms with Crippen LogP contribution in [0.2, 0.25) is 0 Å². The molecule has 1 atom stereocenters. The van der Waals surface area contributed by atoms with Gasteiger partial charge in [0.1, 0.15) is 5.75 Å². The maximum absolute atomic E-state index is 13.5. The Morgan fingerprint density at radius 2 is 1.89 bits per heavy atom. The van der Waals surface area contributed by atoms with Crippen LogP contribution in [0.25, 0.3) is 17.0 Å². The molecule has 1 unspecified atom stereocenters. The van der Waals surface area contributed by atoms with Gasteiger partial charge in [-0.15, -0.1) is 0 Å². The second-order valence-electron chi connectivity index (χ2n) is 9.02. The monoisotopic (exact) mass is 480 g/mol. The molecule has 3 heterocycles. The molecule has 0 fully saturated rings. The third kappa shape index (κ3) is 3.69. The third-order valence-electron chi connectivity index (χ3n) is 6.87. The lowest BCUT2D eigenvalue weighted by Gasteiger charge is -2.35. The molecule has 0 aliphatic carbocycles. The average Bonchev–Trinajstić information content (AvgIpc) is 3.51. The molecule has 7 nitrogen and oxygen atoms in total. The zero-order chi connectivity index (χ0) is 24.8. The lowest BCUT2D eigenvalue weighted by atomic mass is 9.92. The zero-order valence-electron chi connectivity index (χ0n) is 19.7. The molecule has 0 saturated heterocycles. The molecule has 1 amide bonds. The van der Waals surface area contributed by atoms with Crippen LogP contribution in [0.1, 0.15) is 45.7 Å². The van der Waals surface area contributed by atoms with Crippen molar-refractivity contribution in [2.45, 2.75) is 19.4 Å². The molecule has 0 saturated carbocycles. The van der Waals surface area contributed by atoms with Crippen LogP contribution in [0.15, 0.2) is 66.7 Å². The van der Waals surface area contributed by atoms with Gasteiger partial charge in [-0.3, -0.25) is 9.59 Å². The number of phenolic OH excluding ortho intramolecular Hbond substituents is 1. The minimum absolute atomic E-state index is 0.0457. The van der Waals surface area contributed by atoms with Gasteiger partial charge in [0, 0.05) is 40.3 Å². The Morgan fingerprint density at radius 1 is 1.06 bits per heavy atom. The number of Topliss-reactive ketones (excluding diaryl/α,β-unsaturated/α-hetero) is 1. The van der Waals surface area contributed by atoms with Crippen LogP contribution in [0.4, 0.5) is 0 Å². The highest BCUT2D eigenvalue weighted by atomic mass is 16.7. The Labute approximate surface area is 207 Å². The number of aromatic amines is 1. The van der Waals surface area contributed by atoms with E-state index < -0.39 is 0 Å². The van der Waals surface area contributed by atoms with E-state index in [2.05, 4.69) is 11.1 Å². The van der Waals surface area contributed by atoms with E-state index in [1.807, 2.05) is 41.3 Å². The number of para-hydroxylation sites is 1. The number of carbonyl (C=O) groups is 2. The van der Waals surface area contributed by atoms with Gasteiger partial charge in [-0.1, -0.05) is 36.4 Å². The summed E-state index contributed by atoms with van der Waals surface area (Å²) in [5, 5.41) is 11.5. The van der Waals surface area contributed by atoms with Crippen molar-refractivity contribution in [3.05, 3.63) is 94.7 Å². The highest BCUT2D eigenvalue weighted by Gasteiger charge is 2.34. The van der Waals surface area contributed by atoms with Crippen molar-refractivity contribution in [1.29, 1.82) is 0 Å². The number of fused-ring (bicyclic) bond motifs is 4. The fourth-order valence-electron chi connectivity index (χ4n) is 5.07. The van der Waals surface area contributed by atoms with Crippen LogP contribution >= 0.6 is 0 Å². The molecule has 2 aliphatic heterocycles. The molecule has 36 heavy (non-hydrogen) atoms. The van der Waals surface area contributed by atoms with Crippen LogP contribution in [0.5, 0.6) is 17.2 Å². The minimum Gasteiger partial charge on any atom is -0.507 e. The van der Waals surface area contributed by atoms with Crippen LogP contribution in [-0.4, -0.2) is 40.0 Å². The number of aromatic hydroxyl groups is 1. The van der Waals surface area contributed by atoms with Crippen molar-refractivity contribution in [1.82, 2.24) is 9.88 Å². The summed E-state index contributed by atoms with van der Waals surface area (Å²) in [6, 6.07) is 18.3. The molecule has 180 valence electrons. The lowest BCUT2D eigenvalue weighted by Crippen LogP contribution is -2.39. The largest absolute Gasteiger partial charge is 0.507 e. The van der Waals surface area contributed by atoms with Crippen LogP contribution in [0.3, 0.4) is 0 Å². The highest BCUT2D eigenvalue weighted by Crippen LogP contribution is 2.42. The molecular weight excluding hydrogens is 456 g/mol. The van der Waals surface area contributed by atoms with E-state index in [0.29, 0.717) is 29.2 Å². The second kappa shape index (κ2) is 8.61. The number of ketones is 1. The van der Waals surface area contributed by atoms with Gasteiger partial charge >= 0.3 is 0 Å². The summed E-state index contributed by atoms with van der Waals surface area (Å²) < 4.78 is 11.1. The van der Waals surface area contributed by atoms with Crippen LogP contribution < -0.4 is 9.47 Å².